The number of benzene rings is 1. The summed E-state index contributed by atoms with van der Waals surface area (Å²) >= 11 is 11.9. The number of anilines is 1. The fourth-order valence-electron chi connectivity index (χ4n) is 1.44. The van der Waals surface area contributed by atoms with Gasteiger partial charge in [-0.3, -0.25) is 4.79 Å². The summed E-state index contributed by atoms with van der Waals surface area (Å²) in [7, 11) is 0. The standard InChI is InChI=1S/C13H18Cl2N2O/c1-2-3-8-17-12(18)7-9-16-11-6-4-5-10(14)13(11)15/h4-6,16H,2-3,7-9H2,1H3,(H,17,18). The number of unbranched alkanes of at least 4 members (excludes halogenated alkanes) is 1. The van der Waals surface area contributed by atoms with E-state index in [1.165, 1.54) is 0 Å². The Morgan fingerprint density at radius 3 is 2.78 bits per heavy atom. The number of nitrogens with one attached hydrogen (secondary N) is 2. The Balaban J connectivity index is 2.29. The molecule has 2 N–H and O–H groups in total. The Bertz CT molecular complexity index is 397. The number of hydrogen-bond acceptors (Lipinski definition) is 2. The summed E-state index contributed by atoms with van der Waals surface area (Å²) < 4.78 is 0. The second-order valence-corrected chi connectivity index (χ2v) is 4.77. The summed E-state index contributed by atoms with van der Waals surface area (Å²) in [5.41, 5.74) is 0.755. The van der Waals surface area contributed by atoms with Crippen molar-refractivity contribution in [2.24, 2.45) is 0 Å². The Kier molecular flexibility index (Phi) is 6.91. The second-order valence-electron chi connectivity index (χ2n) is 3.98. The van der Waals surface area contributed by atoms with E-state index in [1.54, 1.807) is 6.07 Å². The molecular formula is C13H18Cl2N2O. The smallest absolute Gasteiger partial charge is 0.221 e. The van der Waals surface area contributed by atoms with E-state index in [1.807, 2.05) is 12.1 Å². The SMILES string of the molecule is CCCCNC(=O)CCNc1cccc(Cl)c1Cl. The highest BCUT2D eigenvalue weighted by atomic mass is 35.5. The van der Waals surface area contributed by atoms with E-state index < -0.39 is 0 Å². The number of carbonyl (C=O) groups is 1. The van der Waals surface area contributed by atoms with Gasteiger partial charge in [0, 0.05) is 19.5 Å². The van der Waals surface area contributed by atoms with Crippen LogP contribution >= 0.6 is 23.2 Å². The van der Waals surface area contributed by atoms with Gasteiger partial charge in [0.15, 0.2) is 0 Å². The number of carbonyl (C=O) groups excluding carboxylic acids is 1. The molecule has 0 fully saturated rings. The van der Waals surface area contributed by atoms with Crippen LogP contribution in [-0.4, -0.2) is 19.0 Å². The molecule has 1 aromatic carbocycles. The zero-order valence-electron chi connectivity index (χ0n) is 10.4. The fourth-order valence-corrected chi connectivity index (χ4v) is 1.81. The summed E-state index contributed by atoms with van der Waals surface area (Å²) in [6.07, 6.45) is 2.52. The van der Waals surface area contributed by atoms with Crippen LogP contribution in [0.1, 0.15) is 26.2 Å². The van der Waals surface area contributed by atoms with E-state index in [0.717, 1.165) is 25.1 Å². The molecule has 3 nitrogen and oxygen atoms in total. The van der Waals surface area contributed by atoms with Gasteiger partial charge in [0.25, 0.3) is 0 Å². The van der Waals surface area contributed by atoms with Crippen molar-refractivity contribution in [1.82, 2.24) is 5.32 Å². The number of amides is 1. The molecule has 1 amide bonds. The van der Waals surface area contributed by atoms with Crippen molar-refractivity contribution in [2.75, 3.05) is 18.4 Å². The van der Waals surface area contributed by atoms with Gasteiger partial charge in [0.05, 0.1) is 15.7 Å². The number of hydrogen-bond donors (Lipinski definition) is 2. The molecule has 0 bridgehead atoms. The van der Waals surface area contributed by atoms with E-state index in [0.29, 0.717) is 23.0 Å². The molecule has 0 aliphatic heterocycles. The van der Waals surface area contributed by atoms with Gasteiger partial charge < -0.3 is 10.6 Å². The molecule has 0 aliphatic carbocycles. The van der Waals surface area contributed by atoms with Gasteiger partial charge in [0.2, 0.25) is 5.91 Å². The van der Waals surface area contributed by atoms with Crippen LogP contribution in [0.15, 0.2) is 18.2 Å². The molecule has 1 rings (SSSR count). The van der Waals surface area contributed by atoms with E-state index >= 15 is 0 Å². The maximum atomic E-state index is 11.4. The molecule has 0 radical (unpaired) electrons. The van der Waals surface area contributed by atoms with Crippen molar-refractivity contribution in [2.45, 2.75) is 26.2 Å². The van der Waals surface area contributed by atoms with Gasteiger partial charge in [-0.15, -0.1) is 0 Å². The molecule has 5 heteroatoms. The van der Waals surface area contributed by atoms with Crippen LogP contribution in [-0.2, 0) is 4.79 Å². The molecule has 0 atom stereocenters. The average Bonchev–Trinajstić information content (AvgIpc) is 2.35. The lowest BCUT2D eigenvalue weighted by Crippen LogP contribution is -2.26. The Morgan fingerprint density at radius 1 is 1.28 bits per heavy atom. The summed E-state index contributed by atoms with van der Waals surface area (Å²) in [6, 6.07) is 5.38. The van der Waals surface area contributed by atoms with E-state index in [2.05, 4.69) is 17.6 Å². The van der Waals surface area contributed by atoms with Crippen molar-refractivity contribution in [3.05, 3.63) is 28.2 Å². The van der Waals surface area contributed by atoms with Crippen LogP contribution in [0.4, 0.5) is 5.69 Å². The lowest BCUT2D eigenvalue weighted by molar-refractivity contribution is -0.120. The molecule has 0 aliphatic rings. The lowest BCUT2D eigenvalue weighted by atomic mass is 10.3. The molecule has 100 valence electrons. The van der Waals surface area contributed by atoms with Crippen LogP contribution in [0, 0.1) is 0 Å². The quantitative estimate of drug-likeness (QED) is 0.751. The Hall–Kier alpha value is -0.930. The number of halogens is 2. The molecule has 1 aromatic rings. The Labute approximate surface area is 118 Å². The van der Waals surface area contributed by atoms with Gasteiger partial charge in [-0.25, -0.2) is 0 Å². The minimum absolute atomic E-state index is 0.0501. The first-order chi connectivity index (χ1) is 8.65. The predicted molar refractivity (Wildman–Crippen MR) is 77.5 cm³/mol. The molecule has 18 heavy (non-hydrogen) atoms. The minimum atomic E-state index is 0.0501. The average molecular weight is 289 g/mol. The molecule has 0 spiro atoms. The molecule has 0 heterocycles. The highest BCUT2D eigenvalue weighted by molar-refractivity contribution is 6.43. The van der Waals surface area contributed by atoms with Gasteiger partial charge in [-0.05, 0) is 18.6 Å². The predicted octanol–water partition coefficient (Wildman–Crippen LogP) is 3.71. The van der Waals surface area contributed by atoms with Crippen molar-refractivity contribution in [1.29, 1.82) is 0 Å². The first kappa shape index (κ1) is 15.1. The highest BCUT2D eigenvalue weighted by Crippen LogP contribution is 2.29. The molecule has 0 saturated carbocycles. The summed E-state index contributed by atoms with van der Waals surface area (Å²) in [4.78, 5) is 11.4. The summed E-state index contributed by atoms with van der Waals surface area (Å²) in [6.45, 7) is 3.38. The summed E-state index contributed by atoms with van der Waals surface area (Å²) in [5, 5.41) is 6.96. The molecule has 0 aromatic heterocycles. The van der Waals surface area contributed by atoms with Crippen LogP contribution < -0.4 is 10.6 Å². The molecular weight excluding hydrogens is 271 g/mol. The van der Waals surface area contributed by atoms with E-state index in [9.17, 15) is 4.79 Å². The maximum absolute atomic E-state index is 11.4. The number of rotatable bonds is 7. The highest BCUT2D eigenvalue weighted by Gasteiger charge is 2.04. The van der Waals surface area contributed by atoms with E-state index in [4.69, 9.17) is 23.2 Å². The monoisotopic (exact) mass is 288 g/mol. The first-order valence-electron chi connectivity index (χ1n) is 6.09. The van der Waals surface area contributed by atoms with Crippen LogP contribution in [0.5, 0.6) is 0 Å². The van der Waals surface area contributed by atoms with Gasteiger partial charge in [-0.2, -0.15) is 0 Å². The van der Waals surface area contributed by atoms with Crippen LogP contribution in [0.25, 0.3) is 0 Å². The lowest BCUT2D eigenvalue weighted by Gasteiger charge is -2.09. The van der Waals surface area contributed by atoms with Crippen LogP contribution in [0.2, 0.25) is 10.0 Å². The van der Waals surface area contributed by atoms with E-state index in [-0.39, 0.29) is 5.91 Å². The minimum Gasteiger partial charge on any atom is -0.383 e. The summed E-state index contributed by atoms with van der Waals surface area (Å²) in [5.74, 6) is 0.0501. The largest absolute Gasteiger partial charge is 0.383 e. The van der Waals surface area contributed by atoms with Gasteiger partial charge in [0.1, 0.15) is 0 Å². The second kappa shape index (κ2) is 8.22. The van der Waals surface area contributed by atoms with Crippen molar-refractivity contribution < 1.29 is 4.79 Å². The zero-order chi connectivity index (χ0) is 13.4. The normalized spacial score (nSPS) is 10.2. The first-order valence-corrected chi connectivity index (χ1v) is 6.85. The maximum Gasteiger partial charge on any atom is 0.221 e. The molecule has 0 unspecified atom stereocenters. The van der Waals surface area contributed by atoms with Gasteiger partial charge in [-0.1, -0.05) is 42.6 Å². The third kappa shape index (κ3) is 5.15. The van der Waals surface area contributed by atoms with Crippen molar-refractivity contribution in [3.8, 4) is 0 Å². The third-order valence-corrected chi connectivity index (χ3v) is 3.29. The van der Waals surface area contributed by atoms with Gasteiger partial charge >= 0.3 is 0 Å². The topological polar surface area (TPSA) is 41.1 Å². The van der Waals surface area contributed by atoms with Crippen LogP contribution in [0.3, 0.4) is 0 Å². The van der Waals surface area contributed by atoms with Crippen molar-refractivity contribution in [3.63, 3.8) is 0 Å². The third-order valence-electron chi connectivity index (χ3n) is 2.47. The fraction of sp³-hybridized carbons (Fsp3) is 0.462. The van der Waals surface area contributed by atoms with Crippen molar-refractivity contribution >= 4 is 34.8 Å². The Morgan fingerprint density at radius 2 is 2.06 bits per heavy atom. The zero-order valence-corrected chi connectivity index (χ0v) is 11.9. The molecule has 0 saturated heterocycles.